The lowest BCUT2D eigenvalue weighted by Gasteiger charge is -2.39. The third-order valence-electron chi connectivity index (χ3n) is 6.21. The number of morpholine rings is 1. The predicted octanol–water partition coefficient (Wildman–Crippen LogP) is 0.844. The fourth-order valence-electron chi connectivity index (χ4n) is 4.67. The lowest BCUT2D eigenvalue weighted by Crippen LogP contribution is -2.52. The molecule has 9 heteroatoms. The first-order valence-electron chi connectivity index (χ1n) is 10.3. The molecule has 8 nitrogen and oxygen atoms in total. The van der Waals surface area contributed by atoms with Gasteiger partial charge in [-0.15, -0.1) is 11.3 Å². The molecule has 2 amide bonds. The highest BCUT2D eigenvalue weighted by Crippen LogP contribution is 2.34. The summed E-state index contributed by atoms with van der Waals surface area (Å²) in [7, 11) is 0. The van der Waals surface area contributed by atoms with Crippen molar-refractivity contribution in [2.24, 2.45) is 11.7 Å². The molecule has 29 heavy (non-hydrogen) atoms. The van der Waals surface area contributed by atoms with Crippen LogP contribution >= 0.6 is 11.3 Å². The van der Waals surface area contributed by atoms with Crippen LogP contribution < -0.4 is 5.73 Å². The van der Waals surface area contributed by atoms with Gasteiger partial charge in [0.15, 0.2) is 0 Å². The van der Waals surface area contributed by atoms with Gasteiger partial charge in [-0.05, 0) is 26.7 Å². The number of hydrogen-bond acceptors (Lipinski definition) is 7. The van der Waals surface area contributed by atoms with Gasteiger partial charge in [-0.3, -0.25) is 14.5 Å². The fraction of sp³-hybridized carbons (Fsp3) is 0.750. The molecule has 0 radical (unpaired) electrons. The Bertz CT molecular complexity index is 785. The Kier molecular flexibility index (Phi) is 5.92. The van der Waals surface area contributed by atoms with Crippen molar-refractivity contribution in [2.45, 2.75) is 51.4 Å². The molecule has 0 saturated carbocycles. The van der Waals surface area contributed by atoms with E-state index in [0.29, 0.717) is 32.7 Å². The average Bonchev–Trinajstić information content (AvgIpc) is 3.24. The number of likely N-dealkylation sites (tertiary alicyclic amines) is 1. The summed E-state index contributed by atoms with van der Waals surface area (Å²) in [6, 6.07) is 0. The van der Waals surface area contributed by atoms with Gasteiger partial charge >= 0.3 is 0 Å². The number of ether oxygens (including phenoxy) is 2. The van der Waals surface area contributed by atoms with Crippen molar-refractivity contribution in [2.75, 3.05) is 39.4 Å². The van der Waals surface area contributed by atoms with E-state index >= 15 is 0 Å². The maximum absolute atomic E-state index is 13.0. The lowest BCUT2D eigenvalue weighted by molar-refractivity contribution is -0.143. The summed E-state index contributed by atoms with van der Waals surface area (Å²) in [5.74, 6) is -0.621. The molecule has 4 heterocycles. The highest BCUT2D eigenvalue weighted by Gasteiger charge is 2.48. The lowest BCUT2D eigenvalue weighted by atomic mass is 9.94. The molecule has 2 N–H and O–H groups in total. The van der Waals surface area contributed by atoms with E-state index in [1.807, 2.05) is 6.92 Å². The Morgan fingerprint density at radius 2 is 2.17 bits per heavy atom. The van der Waals surface area contributed by atoms with Crippen LogP contribution in [0.15, 0.2) is 0 Å². The van der Waals surface area contributed by atoms with Crippen LogP contribution in [0.1, 0.15) is 34.8 Å². The minimum absolute atomic E-state index is 0.0394. The van der Waals surface area contributed by atoms with Gasteiger partial charge in [0.25, 0.3) is 5.91 Å². The normalized spacial score (nSPS) is 30.8. The molecule has 1 aromatic heterocycles. The molecule has 3 aliphatic heterocycles. The molecular weight excluding hydrogens is 392 g/mol. The van der Waals surface area contributed by atoms with E-state index in [1.165, 1.54) is 4.88 Å². The number of hydrogen-bond donors (Lipinski definition) is 1. The van der Waals surface area contributed by atoms with Gasteiger partial charge in [-0.2, -0.15) is 0 Å². The van der Waals surface area contributed by atoms with E-state index in [1.54, 1.807) is 16.2 Å². The summed E-state index contributed by atoms with van der Waals surface area (Å²) < 4.78 is 12.0. The van der Waals surface area contributed by atoms with Crippen LogP contribution in [-0.4, -0.2) is 77.7 Å². The summed E-state index contributed by atoms with van der Waals surface area (Å²) in [4.78, 5) is 34.4. The second-order valence-corrected chi connectivity index (χ2v) is 9.80. The second-order valence-electron chi connectivity index (χ2n) is 8.51. The Morgan fingerprint density at radius 3 is 2.90 bits per heavy atom. The largest absolute Gasteiger partial charge is 0.370 e. The number of nitrogens with two attached hydrogens (primary N) is 1. The first-order valence-corrected chi connectivity index (χ1v) is 11.2. The monoisotopic (exact) mass is 422 g/mol. The van der Waals surface area contributed by atoms with Crippen molar-refractivity contribution in [3.05, 3.63) is 15.6 Å². The van der Waals surface area contributed by atoms with Gasteiger partial charge in [0.2, 0.25) is 5.91 Å². The number of aromatic nitrogens is 1. The van der Waals surface area contributed by atoms with Crippen molar-refractivity contribution in [3.63, 3.8) is 0 Å². The highest BCUT2D eigenvalue weighted by atomic mass is 32.1. The molecule has 3 aliphatic rings. The van der Waals surface area contributed by atoms with Crippen molar-refractivity contribution in [1.29, 1.82) is 0 Å². The third kappa shape index (κ3) is 4.47. The van der Waals surface area contributed by atoms with E-state index < -0.39 is 11.7 Å². The van der Waals surface area contributed by atoms with Crippen LogP contribution in [0.3, 0.4) is 0 Å². The quantitative estimate of drug-likeness (QED) is 0.772. The fourth-order valence-corrected chi connectivity index (χ4v) is 5.65. The zero-order valence-electron chi connectivity index (χ0n) is 17.2. The SMILES string of the molecule is Cc1nc(C)c(CN2CCOC3(COC(C(=O)N4CCCC(C(N)=O)C4)C3)C2)s1. The Morgan fingerprint density at radius 1 is 1.34 bits per heavy atom. The van der Waals surface area contributed by atoms with Crippen LogP contribution in [-0.2, 0) is 25.6 Å². The van der Waals surface area contributed by atoms with E-state index in [2.05, 4.69) is 16.8 Å². The average molecular weight is 423 g/mol. The summed E-state index contributed by atoms with van der Waals surface area (Å²) >= 11 is 1.74. The maximum Gasteiger partial charge on any atom is 0.251 e. The summed E-state index contributed by atoms with van der Waals surface area (Å²) in [6.07, 6.45) is 1.60. The first-order chi connectivity index (χ1) is 13.8. The van der Waals surface area contributed by atoms with Gasteiger partial charge in [-0.1, -0.05) is 0 Å². The summed E-state index contributed by atoms with van der Waals surface area (Å²) in [5.41, 5.74) is 6.10. The zero-order chi connectivity index (χ0) is 20.6. The van der Waals surface area contributed by atoms with Gasteiger partial charge in [-0.25, -0.2) is 4.98 Å². The van der Waals surface area contributed by atoms with Crippen LogP contribution in [0.5, 0.6) is 0 Å². The second kappa shape index (κ2) is 8.29. The number of nitrogens with zero attached hydrogens (tertiary/aromatic N) is 3. The van der Waals surface area contributed by atoms with Crippen molar-refractivity contribution in [3.8, 4) is 0 Å². The van der Waals surface area contributed by atoms with E-state index in [-0.39, 0.29) is 17.7 Å². The number of carbonyl (C=O) groups is 2. The Hall–Kier alpha value is -1.55. The van der Waals surface area contributed by atoms with Gasteiger partial charge in [0, 0.05) is 44.0 Å². The van der Waals surface area contributed by atoms with Gasteiger partial charge < -0.3 is 20.1 Å². The number of rotatable bonds is 4. The van der Waals surface area contributed by atoms with E-state index in [9.17, 15) is 9.59 Å². The zero-order valence-corrected chi connectivity index (χ0v) is 18.0. The van der Waals surface area contributed by atoms with Crippen molar-refractivity contribution in [1.82, 2.24) is 14.8 Å². The number of aryl methyl sites for hydroxylation is 2. The Labute approximate surface area is 175 Å². The number of amides is 2. The minimum atomic E-state index is -0.506. The van der Waals surface area contributed by atoms with Crippen molar-refractivity contribution >= 4 is 23.2 Å². The number of piperidine rings is 1. The minimum Gasteiger partial charge on any atom is -0.370 e. The highest BCUT2D eigenvalue weighted by molar-refractivity contribution is 7.11. The number of primary amides is 1. The topological polar surface area (TPSA) is 98.0 Å². The molecule has 160 valence electrons. The molecule has 4 rings (SSSR count). The standard InChI is InChI=1S/C20H30N4O4S/c1-13-17(29-14(2)22-13)10-23-6-7-28-20(11-23)8-16(27-12-20)19(26)24-5-3-4-15(9-24)18(21)25/h15-16H,3-12H2,1-2H3,(H2,21,25). The van der Waals surface area contributed by atoms with Crippen molar-refractivity contribution < 1.29 is 19.1 Å². The van der Waals surface area contributed by atoms with Crippen LogP contribution in [0.2, 0.25) is 0 Å². The maximum atomic E-state index is 13.0. The smallest absolute Gasteiger partial charge is 0.251 e. The summed E-state index contributed by atoms with van der Waals surface area (Å²) in [6.45, 7) is 8.67. The van der Waals surface area contributed by atoms with E-state index in [0.717, 1.165) is 43.2 Å². The number of carbonyl (C=O) groups excluding carboxylic acids is 2. The Balaban J connectivity index is 1.37. The molecule has 1 aromatic rings. The summed E-state index contributed by atoms with van der Waals surface area (Å²) in [5, 5.41) is 1.09. The molecule has 0 bridgehead atoms. The first kappa shape index (κ1) is 20.7. The van der Waals surface area contributed by atoms with Crippen LogP contribution in [0.4, 0.5) is 0 Å². The van der Waals surface area contributed by atoms with Crippen LogP contribution in [0.25, 0.3) is 0 Å². The molecule has 3 atom stereocenters. The number of thiazole rings is 1. The molecule has 1 spiro atoms. The molecule has 3 unspecified atom stereocenters. The molecule has 0 aliphatic carbocycles. The third-order valence-corrected chi connectivity index (χ3v) is 7.27. The van der Waals surface area contributed by atoms with E-state index in [4.69, 9.17) is 15.2 Å². The molecular formula is C20H30N4O4S. The molecule has 3 saturated heterocycles. The predicted molar refractivity (Wildman–Crippen MR) is 108 cm³/mol. The van der Waals surface area contributed by atoms with Gasteiger partial charge in [0.1, 0.15) is 11.7 Å². The molecule has 0 aromatic carbocycles. The van der Waals surface area contributed by atoms with Gasteiger partial charge in [0.05, 0.1) is 29.8 Å². The molecule has 3 fully saturated rings. The van der Waals surface area contributed by atoms with Crippen LogP contribution in [0, 0.1) is 19.8 Å².